The van der Waals surface area contributed by atoms with Crippen molar-refractivity contribution in [2.24, 2.45) is 0 Å². The van der Waals surface area contributed by atoms with Crippen molar-refractivity contribution in [3.8, 4) is 5.75 Å². The van der Waals surface area contributed by atoms with Crippen LogP contribution >= 0.6 is 0 Å². The summed E-state index contributed by atoms with van der Waals surface area (Å²) >= 11 is 0. The Hall–Kier alpha value is -2.33. The second-order valence-corrected chi connectivity index (χ2v) is 7.07. The summed E-state index contributed by atoms with van der Waals surface area (Å²) in [6, 6.07) is 15.6. The predicted octanol–water partition coefficient (Wildman–Crippen LogP) is 4.09. The number of carbonyl (C=O) groups is 1. The van der Waals surface area contributed by atoms with Crippen LogP contribution < -0.4 is 4.74 Å². The van der Waals surface area contributed by atoms with Gasteiger partial charge >= 0.3 is 5.97 Å². The Balaban J connectivity index is 1.76. The number of rotatable bonds is 7. The van der Waals surface area contributed by atoms with Gasteiger partial charge in [0.05, 0.1) is 18.6 Å². The molecule has 138 valence electrons. The highest BCUT2D eigenvalue weighted by Gasteiger charge is 2.33. The number of carboxylic acid groups (broad SMARTS) is 1. The van der Waals surface area contributed by atoms with Crippen LogP contribution in [-0.4, -0.2) is 22.8 Å². The second-order valence-electron chi connectivity index (χ2n) is 7.07. The SMILES string of the molecule is O=C(O)Cc1ccc(OCCc2ccccc2)cc1C1(O)CCCCC1. The molecule has 2 aromatic rings. The van der Waals surface area contributed by atoms with E-state index in [0.717, 1.165) is 31.2 Å². The molecule has 1 aliphatic rings. The maximum atomic E-state index is 11.2. The molecule has 0 bridgehead atoms. The lowest BCUT2D eigenvalue weighted by molar-refractivity contribution is -0.136. The van der Waals surface area contributed by atoms with E-state index in [1.165, 1.54) is 5.56 Å². The quantitative estimate of drug-likeness (QED) is 0.786. The van der Waals surface area contributed by atoms with Gasteiger partial charge in [0.2, 0.25) is 0 Å². The summed E-state index contributed by atoms with van der Waals surface area (Å²) in [5, 5.41) is 20.3. The molecule has 2 N–H and O–H groups in total. The highest BCUT2D eigenvalue weighted by atomic mass is 16.5. The number of benzene rings is 2. The zero-order valence-corrected chi connectivity index (χ0v) is 15.0. The van der Waals surface area contributed by atoms with Gasteiger partial charge in [0, 0.05) is 6.42 Å². The van der Waals surface area contributed by atoms with Gasteiger partial charge in [0.1, 0.15) is 5.75 Å². The molecule has 0 radical (unpaired) electrons. The normalized spacial score (nSPS) is 16.2. The first-order valence-electron chi connectivity index (χ1n) is 9.31. The third-order valence-electron chi connectivity index (χ3n) is 5.11. The van der Waals surface area contributed by atoms with Crippen LogP contribution in [0.15, 0.2) is 48.5 Å². The van der Waals surface area contributed by atoms with E-state index < -0.39 is 11.6 Å². The average Bonchev–Trinajstić information content (AvgIpc) is 2.64. The molecule has 0 spiro atoms. The predicted molar refractivity (Wildman–Crippen MR) is 100 cm³/mol. The fourth-order valence-electron chi connectivity index (χ4n) is 3.73. The number of ether oxygens (including phenoxy) is 1. The average molecular weight is 354 g/mol. The van der Waals surface area contributed by atoms with Crippen molar-refractivity contribution >= 4 is 5.97 Å². The monoisotopic (exact) mass is 354 g/mol. The smallest absolute Gasteiger partial charge is 0.307 e. The molecule has 4 heteroatoms. The summed E-state index contributed by atoms with van der Waals surface area (Å²) in [7, 11) is 0. The highest BCUT2D eigenvalue weighted by Crippen LogP contribution is 2.40. The van der Waals surface area contributed by atoms with Gasteiger partial charge in [0.25, 0.3) is 0 Å². The van der Waals surface area contributed by atoms with Crippen molar-refractivity contribution in [2.75, 3.05) is 6.61 Å². The molecular formula is C22H26O4. The van der Waals surface area contributed by atoms with Gasteiger partial charge < -0.3 is 14.9 Å². The largest absolute Gasteiger partial charge is 0.493 e. The molecule has 2 aromatic carbocycles. The van der Waals surface area contributed by atoms with Gasteiger partial charge in [-0.2, -0.15) is 0 Å². The lowest BCUT2D eigenvalue weighted by Crippen LogP contribution is -2.30. The Labute approximate surface area is 154 Å². The number of aliphatic hydroxyl groups is 1. The van der Waals surface area contributed by atoms with Crippen molar-refractivity contribution in [3.05, 3.63) is 65.2 Å². The molecule has 0 unspecified atom stereocenters. The number of hydrogen-bond acceptors (Lipinski definition) is 3. The summed E-state index contributed by atoms with van der Waals surface area (Å²) in [6.45, 7) is 0.542. The zero-order chi connectivity index (χ0) is 18.4. The van der Waals surface area contributed by atoms with E-state index in [1.54, 1.807) is 12.1 Å². The Morgan fingerprint density at radius 3 is 2.46 bits per heavy atom. The molecule has 1 fully saturated rings. The number of carboxylic acids is 1. The van der Waals surface area contributed by atoms with Gasteiger partial charge in [-0.1, -0.05) is 55.7 Å². The molecule has 26 heavy (non-hydrogen) atoms. The third kappa shape index (κ3) is 4.64. The van der Waals surface area contributed by atoms with Crippen molar-refractivity contribution in [1.82, 2.24) is 0 Å². The van der Waals surface area contributed by atoms with Gasteiger partial charge in [0.15, 0.2) is 0 Å². The Morgan fingerprint density at radius 1 is 1.04 bits per heavy atom. The lowest BCUT2D eigenvalue weighted by Gasteiger charge is -2.34. The fourth-order valence-corrected chi connectivity index (χ4v) is 3.73. The van der Waals surface area contributed by atoms with E-state index in [9.17, 15) is 15.0 Å². The van der Waals surface area contributed by atoms with Crippen molar-refractivity contribution in [3.63, 3.8) is 0 Å². The molecular weight excluding hydrogens is 328 g/mol. The van der Waals surface area contributed by atoms with Gasteiger partial charge in [-0.3, -0.25) is 4.79 Å². The topological polar surface area (TPSA) is 66.8 Å². The van der Waals surface area contributed by atoms with Crippen LogP contribution in [-0.2, 0) is 23.2 Å². The molecule has 3 rings (SSSR count). The van der Waals surface area contributed by atoms with Crippen LogP contribution in [0.3, 0.4) is 0 Å². The molecule has 0 amide bonds. The van der Waals surface area contributed by atoms with Crippen LogP contribution in [0.1, 0.15) is 48.8 Å². The minimum absolute atomic E-state index is 0.0814. The molecule has 0 atom stereocenters. The van der Waals surface area contributed by atoms with Gasteiger partial charge in [-0.25, -0.2) is 0 Å². The first kappa shape index (κ1) is 18.5. The lowest BCUT2D eigenvalue weighted by atomic mass is 9.77. The zero-order valence-electron chi connectivity index (χ0n) is 15.0. The minimum Gasteiger partial charge on any atom is -0.493 e. The Bertz CT molecular complexity index is 733. The highest BCUT2D eigenvalue weighted by molar-refractivity contribution is 5.71. The van der Waals surface area contributed by atoms with Crippen LogP contribution in [0.4, 0.5) is 0 Å². The summed E-state index contributed by atoms with van der Waals surface area (Å²) < 4.78 is 5.89. The summed E-state index contributed by atoms with van der Waals surface area (Å²) in [6.07, 6.45) is 5.10. The Morgan fingerprint density at radius 2 is 1.77 bits per heavy atom. The first-order valence-corrected chi connectivity index (χ1v) is 9.31. The molecule has 4 nitrogen and oxygen atoms in total. The summed E-state index contributed by atoms with van der Waals surface area (Å²) in [5.74, 6) is -0.201. The minimum atomic E-state index is -0.943. The summed E-state index contributed by atoms with van der Waals surface area (Å²) in [5.41, 5.74) is 1.66. The first-order chi connectivity index (χ1) is 12.6. The van der Waals surface area contributed by atoms with Crippen molar-refractivity contribution < 1.29 is 19.7 Å². The van der Waals surface area contributed by atoms with E-state index in [1.807, 2.05) is 24.3 Å². The molecule has 0 heterocycles. The number of aliphatic carboxylic acids is 1. The van der Waals surface area contributed by atoms with Crippen LogP contribution in [0.2, 0.25) is 0 Å². The Kier molecular flexibility index (Phi) is 5.94. The van der Waals surface area contributed by atoms with Crippen molar-refractivity contribution in [2.45, 2.75) is 50.5 Å². The van der Waals surface area contributed by atoms with E-state index in [-0.39, 0.29) is 6.42 Å². The molecule has 0 saturated heterocycles. The van der Waals surface area contributed by atoms with Crippen LogP contribution in [0.25, 0.3) is 0 Å². The maximum Gasteiger partial charge on any atom is 0.307 e. The van der Waals surface area contributed by atoms with E-state index in [4.69, 9.17) is 4.74 Å². The van der Waals surface area contributed by atoms with E-state index >= 15 is 0 Å². The summed E-state index contributed by atoms with van der Waals surface area (Å²) in [4.78, 5) is 11.2. The number of hydrogen-bond donors (Lipinski definition) is 2. The van der Waals surface area contributed by atoms with E-state index in [2.05, 4.69) is 12.1 Å². The standard InChI is InChI=1S/C22H26O4/c23-21(24)15-18-9-10-19(26-14-11-17-7-3-1-4-8-17)16-20(18)22(25)12-5-2-6-13-22/h1,3-4,7-10,16,25H,2,5-6,11-15H2,(H,23,24). The molecule has 0 aliphatic heterocycles. The second kappa shape index (κ2) is 8.37. The van der Waals surface area contributed by atoms with Gasteiger partial charge in [-0.15, -0.1) is 0 Å². The van der Waals surface area contributed by atoms with Crippen molar-refractivity contribution in [1.29, 1.82) is 0 Å². The van der Waals surface area contributed by atoms with Crippen LogP contribution in [0, 0.1) is 0 Å². The molecule has 1 saturated carbocycles. The van der Waals surface area contributed by atoms with E-state index in [0.29, 0.717) is 30.8 Å². The third-order valence-corrected chi connectivity index (χ3v) is 5.11. The maximum absolute atomic E-state index is 11.2. The fraction of sp³-hybridized carbons (Fsp3) is 0.409. The van der Waals surface area contributed by atoms with Crippen LogP contribution in [0.5, 0.6) is 5.75 Å². The molecule has 0 aromatic heterocycles. The van der Waals surface area contributed by atoms with Gasteiger partial charge in [-0.05, 0) is 41.7 Å². The molecule has 1 aliphatic carbocycles.